The molecule has 2 heterocycles. The van der Waals surface area contributed by atoms with Crippen molar-refractivity contribution in [3.63, 3.8) is 0 Å². The molecule has 0 aliphatic carbocycles. The molecule has 0 aliphatic heterocycles. The Morgan fingerprint density at radius 2 is 2.03 bits per heavy atom. The summed E-state index contributed by atoms with van der Waals surface area (Å²) in [6.07, 6.45) is 6.66. The highest BCUT2D eigenvalue weighted by molar-refractivity contribution is 5.87. The number of hydrogen-bond acceptors (Lipinski definition) is 7. The highest BCUT2D eigenvalue weighted by Gasteiger charge is 2.11. The molecular formula is C23H23N7O2. The van der Waals surface area contributed by atoms with Gasteiger partial charge < -0.3 is 30.5 Å². The van der Waals surface area contributed by atoms with Crippen molar-refractivity contribution < 1.29 is 9.53 Å². The lowest BCUT2D eigenvalue weighted by atomic mass is 10.1. The molecule has 0 saturated carbocycles. The van der Waals surface area contributed by atoms with Crippen LogP contribution in [0.3, 0.4) is 0 Å². The van der Waals surface area contributed by atoms with Gasteiger partial charge in [0.1, 0.15) is 5.75 Å². The zero-order valence-corrected chi connectivity index (χ0v) is 17.7. The molecular weight excluding hydrogens is 406 g/mol. The van der Waals surface area contributed by atoms with Gasteiger partial charge in [-0.15, -0.1) is 0 Å². The zero-order chi connectivity index (χ0) is 22.7. The van der Waals surface area contributed by atoms with Crippen LogP contribution in [0.4, 0.5) is 17.2 Å². The lowest BCUT2D eigenvalue weighted by molar-refractivity contribution is -0.130. The molecule has 0 spiro atoms. The van der Waals surface area contributed by atoms with Crippen LogP contribution < -0.4 is 15.8 Å². The van der Waals surface area contributed by atoms with E-state index in [-0.39, 0.29) is 12.5 Å². The van der Waals surface area contributed by atoms with E-state index in [0.717, 1.165) is 11.3 Å². The summed E-state index contributed by atoms with van der Waals surface area (Å²) in [5, 5.41) is 10.7. The molecule has 2 aromatic heterocycles. The zero-order valence-electron chi connectivity index (χ0n) is 17.7. The van der Waals surface area contributed by atoms with Crippen molar-refractivity contribution in [2.75, 3.05) is 31.8 Å². The number of fused-ring (bicyclic) bond motifs is 1. The van der Waals surface area contributed by atoms with E-state index in [9.17, 15) is 4.79 Å². The maximum Gasteiger partial charge on any atom is 0.259 e. The predicted octanol–water partition coefficient (Wildman–Crippen LogP) is 3.19. The smallest absolute Gasteiger partial charge is 0.259 e. The number of nitrogens with one attached hydrogen (secondary N) is 2. The number of likely N-dealkylation sites (N-methyl/N-ethyl adjacent to an activating group) is 1. The molecule has 0 unspecified atom stereocenters. The molecule has 0 saturated heterocycles. The number of imidazole rings is 1. The second-order valence-corrected chi connectivity index (χ2v) is 7.35. The van der Waals surface area contributed by atoms with Crippen molar-refractivity contribution in [3.05, 3.63) is 66.6 Å². The van der Waals surface area contributed by atoms with E-state index >= 15 is 0 Å². The fourth-order valence-corrected chi connectivity index (χ4v) is 3.07. The van der Waals surface area contributed by atoms with Crippen molar-refractivity contribution in [3.8, 4) is 17.0 Å². The van der Waals surface area contributed by atoms with Crippen molar-refractivity contribution in [2.24, 2.45) is 0 Å². The van der Waals surface area contributed by atoms with Crippen LogP contribution in [0.2, 0.25) is 0 Å². The summed E-state index contributed by atoms with van der Waals surface area (Å²) in [5.74, 6) is 1.07. The van der Waals surface area contributed by atoms with Gasteiger partial charge in [-0.25, -0.2) is 9.97 Å². The molecule has 0 radical (unpaired) electrons. The fraction of sp³-hybridized carbons (Fsp3) is 0.130. The van der Waals surface area contributed by atoms with Gasteiger partial charge in [0.05, 0.1) is 5.69 Å². The SMILES string of the molecule is CN(C)C(=O)COc1ccc(Nc2nc(-c3ccc(C=N)c(N)c3)cn3ccnc23)cc1. The van der Waals surface area contributed by atoms with Crippen molar-refractivity contribution in [2.45, 2.75) is 0 Å². The minimum atomic E-state index is -0.107. The highest BCUT2D eigenvalue weighted by Crippen LogP contribution is 2.27. The van der Waals surface area contributed by atoms with E-state index in [0.29, 0.717) is 34.2 Å². The number of anilines is 3. The summed E-state index contributed by atoms with van der Waals surface area (Å²) in [6, 6.07) is 12.7. The van der Waals surface area contributed by atoms with E-state index in [1.54, 1.807) is 44.6 Å². The first-order valence-electron chi connectivity index (χ1n) is 9.88. The van der Waals surface area contributed by atoms with Crippen LogP contribution in [0.5, 0.6) is 5.75 Å². The summed E-state index contributed by atoms with van der Waals surface area (Å²) in [7, 11) is 3.37. The van der Waals surface area contributed by atoms with E-state index in [1.165, 1.54) is 11.1 Å². The lowest BCUT2D eigenvalue weighted by Gasteiger charge is -2.13. The minimum Gasteiger partial charge on any atom is -0.484 e. The molecule has 0 aliphatic rings. The first-order chi connectivity index (χ1) is 15.4. The molecule has 4 rings (SSSR count). The Kier molecular flexibility index (Phi) is 5.71. The Morgan fingerprint density at radius 3 is 2.72 bits per heavy atom. The number of nitrogens with two attached hydrogens (primary N) is 1. The second kappa shape index (κ2) is 8.76. The van der Waals surface area contributed by atoms with Crippen LogP contribution in [0, 0.1) is 5.41 Å². The van der Waals surface area contributed by atoms with Gasteiger partial charge in [0.15, 0.2) is 18.1 Å². The lowest BCUT2D eigenvalue weighted by Crippen LogP contribution is -2.27. The third kappa shape index (κ3) is 4.36. The Morgan fingerprint density at radius 1 is 1.25 bits per heavy atom. The van der Waals surface area contributed by atoms with E-state index in [1.807, 2.05) is 35.0 Å². The van der Waals surface area contributed by atoms with Crippen molar-refractivity contribution in [1.82, 2.24) is 19.3 Å². The average molecular weight is 429 g/mol. The summed E-state index contributed by atoms with van der Waals surface area (Å²) in [5.41, 5.74) is 10.2. The Labute approximate surface area is 185 Å². The fourth-order valence-electron chi connectivity index (χ4n) is 3.07. The van der Waals surface area contributed by atoms with Crippen molar-refractivity contribution >= 4 is 35.0 Å². The van der Waals surface area contributed by atoms with Crippen LogP contribution in [0.1, 0.15) is 5.56 Å². The number of nitrogen functional groups attached to an aromatic ring is 1. The molecule has 9 heteroatoms. The van der Waals surface area contributed by atoms with Gasteiger partial charge >= 0.3 is 0 Å². The van der Waals surface area contributed by atoms with Gasteiger partial charge in [-0.3, -0.25) is 4.79 Å². The first-order valence-corrected chi connectivity index (χ1v) is 9.88. The van der Waals surface area contributed by atoms with E-state index in [2.05, 4.69) is 10.3 Å². The minimum absolute atomic E-state index is 0.0159. The number of carbonyl (C=O) groups is 1. The second-order valence-electron chi connectivity index (χ2n) is 7.35. The van der Waals surface area contributed by atoms with Crippen LogP contribution in [-0.4, -0.2) is 52.1 Å². The van der Waals surface area contributed by atoms with E-state index < -0.39 is 0 Å². The molecule has 32 heavy (non-hydrogen) atoms. The van der Waals surface area contributed by atoms with Crippen LogP contribution >= 0.6 is 0 Å². The third-order valence-electron chi connectivity index (χ3n) is 4.89. The number of benzene rings is 2. The Hall–Kier alpha value is -4.40. The maximum absolute atomic E-state index is 11.7. The largest absolute Gasteiger partial charge is 0.484 e. The summed E-state index contributed by atoms with van der Waals surface area (Å²) in [6.45, 7) is -0.0159. The number of ether oxygens (including phenoxy) is 1. The standard InChI is InChI=1S/C23H23N7O2/c1-29(2)21(31)14-32-18-7-5-17(6-8-18)27-22-23-26-9-10-30(23)13-20(28-22)15-3-4-16(12-24)19(25)11-15/h3-13,24H,14,25H2,1-2H3,(H,27,28). The van der Waals surface area contributed by atoms with Crippen molar-refractivity contribution in [1.29, 1.82) is 5.41 Å². The molecule has 4 N–H and O–H groups in total. The van der Waals surface area contributed by atoms with Crippen LogP contribution in [0.15, 0.2) is 61.1 Å². The molecule has 4 aromatic rings. The molecule has 0 atom stereocenters. The van der Waals surface area contributed by atoms with Crippen LogP contribution in [-0.2, 0) is 4.79 Å². The topological polar surface area (TPSA) is 122 Å². The van der Waals surface area contributed by atoms with Gasteiger partial charge in [-0.05, 0) is 30.3 Å². The quantitative estimate of drug-likeness (QED) is 0.306. The van der Waals surface area contributed by atoms with Gasteiger partial charge in [0.25, 0.3) is 5.91 Å². The summed E-state index contributed by atoms with van der Waals surface area (Å²) >= 11 is 0. The number of amides is 1. The Balaban J connectivity index is 1.59. The molecule has 2 aromatic carbocycles. The molecule has 162 valence electrons. The van der Waals surface area contributed by atoms with E-state index in [4.69, 9.17) is 20.9 Å². The van der Waals surface area contributed by atoms with Gasteiger partial charge in [0, 0.05) is 61.4 Å². The molecule has 9 nitrogen and oxygen atoms in total. The molecule has 0 bridgehead atoms. The highest BCUT2D eigenvalue weighted by atomic mass is 16.5. The molecule has 0 fully saturated rings. The number of rotatable bonds is 7. The third-order valence-corrected chi connectivity index (χ3v) is 4.89. The van der Waals surface area contributed by atoms with Gasteiger partial charge in [-0.1, -0.05) is 12.1 Å². The van der Waals surface area contributed by atoms with Gasteiger partial charge in [-0.2, -0.15) is 0 Å². The number of hydrogen-bond donors (Lipinski definition) is 3. The molecule has 1 amide bonds. The monoisotopic (exact) mass is 429 g/mol. The number of aromatic nitrogens is 3. The summed E-state index contributed by atoms with van der Waals surface area (Å²) < 4.78 is 7.40. The van der Waals surface area contributed by atoms with Crippen LogP contribution in [0.25, 0.3) is 16.9 Å². The Bertz CT molecular complexity index is 1280. The normalized spacial score (nSPS) is 10.7. The summed E-state index contributed by atoms with van der Waals surface area (Å²) in [4.78, 5) is 22.3. The average Bonchev–Trinajstić information content (AvgIpc) is 3.27. The first kappa shape index (κ1) is 20.9. The predicted molar refractivity (Wildman–Crippen MR) is 125 cm³/mol. The number of carbonyl (C=O) groups excluding carboxylic acids is 1. The maximum atomic E-state index is 11.7. The number of nitrogens with zero attached hydrogens (tertiary/aromatic N) is 4. The van der Waals surface area contributed by atoms with Gasteiger partial charge in [0.2, 0.25) is 0 Å².